The number of carboxylic acids is 1. The van der Waals surface area contributed by atoms with Crippen molar-refractivity contribution in [2.75, 3.05) is 6.61 Å². The highest BCUT2D eigenvalue weighted by Gasteiger charge is 2.22. The molecule has 2 atom stereocenters. The van der Waals surface area contributed by atoms with Crippen molar-refractivity contribution in [2.24, 2.45) is 5.92 Å². The Balaban J connectivity index is 2.24. The molecule has 0 radical (unpaired) electrons. The van der Waals surface area contributed by atoms with Crippen LogP contribution in [0.4, 0.5) is 0 Å². The summed E-state index contributed by atoms with van der Waals surface area (Å²) in [6.45, 7) is 2.87. The first-order valence-electron chi connectivity index (χ1n) is 4.53. The van der Waals surface area contributed by atoms with Gasteiger partial charge in [-0.25, -0.2) is 0 Å². The Morgan fingerprint density at radius 3 is 3.00 bits per heavy atom. The van der Waals surface area contributed by atoms with E-state index < -0.39 is 5.97 Å². The average Bonchev–Trinajstić information content (AvgIpc) is 2.03. The van der Waals surface area contributed by atoms with Crippen LogP contribution in [0.25, 0.3) is 0 Å². The topological polar surface area (TPSA) is 46.5 Å². The molecule has 12 heavy (non-hydrogen) atoms. The molecule has 0 amide bonds. The fraction of sp³-hybridized carbons (Fsp3) is 0.889. The van der Waals surface area contributed by atoms with Crippen molar-refractivity contribution in [2.45, 2.75) is 38.7 Å². The lowest BCUT2D eigenvalue weighted by Crippen LogP contribution is -2.27. The SMILES string of the molecule is C[C@H]1OCCC[C@@H]1CCC(=O)O. The van der Waals surface area contributed by atoms with Gasteiger partial charge in [-0.1, -0.05) is 0 Å². The molecule has 0 spiro atoms. The third-order valence-electron chi connectivity index (χ3n) is 2.49. The van der Waals surface area contributed by atoms with Gasteiger partial charge in [0.15, 0.2) is 0 Å². The van der Waals surface area contributed by atoms with Crippen LogP contribution in [0.2, 0.25) is 0 Å². The van der Waals surface area contributed by atoms with E-state index in [-0.39, 0.29) is 12.5 Å². The zero-order chi connectivity index (χ0) is 8.97. The van der Waals surface area contributed by atoms with Crippen LogP contribution in [0.1, 0.15) is 32.6 Å². The molecule has 0 aliphatic carbocycles. The van der Waals surface area contributed by atoms with Gasteiger partial charge in [0.2, 0.25) is 0 Å². The van der Waals surface area contributed by atoms with Gasteiger partial charge < -0.3 is 9.84 Å². The summed E-state index contributed by atoms with van der Waals surface area (Å²) in [5.74, 6) is -0.248. The number of ether oxygens (including phenoxy) is 1. The van der Waals surface area contributed by atoms with Crippen molar-refractivity contribution in [3.05, 3.63) is 0 Å². The lowest BCUT2D eigenvalue weighted by atomic mass is 9.91. The van der Waals surface area contributed by atoms with Crippen LogP contribution in [-0.2, 0) is 9.53 Å². The second-order valence-corrected chi connectivity index (χ2v) is 3.41. The van der Waals surface area contributed by atoms with Crippen molar-refractivity contribution in [1.29, 1.82) is 0 Å². The maximum atomic E-state index is 10.3. The Bertz CT molecular complexity index is 156. The molecule has 3 nitrogen and oxygen atoms in total. The van der Waals surface area contributed by atoms with Gasteiger partial charge in [-0.2, -0.15) is 0 Å². The van der Waals surface area contributed by atoms with Crippen molar-refractivity contribution in [3.8, 4) is 0 Å². The van der Waals surface area contributed by atoms with Gasteiger partial charge in [0.05, 0.1) is 6.10 Å². The third-order valence-corrected chi connectivity index (χ3v) is 2.49. The molecule has 0 unspecified atom stereocenters. The molecular weight excluding hydrogens is 156 g/mol. The smallest absolute Gasteiger partial charge is 0.303 e. The van der Waals surface area contributed by atoms with Crippen LogP contribution in [0, 0.1) is 5.92 Å². The fourth-order valence-corrected chi connectivity index (χ4v) is 1.67. The predicted molar refractivity (Wildman–Crippen MR) is 45.0 cm³/mol. The average molecular weight is 172 g/mol. The van der Waals surface area contributed by atoms with E-state index >= 15 is 0 Å². The van der Waals surface area contributed by atoms with Crippen LogP contribution in [0.15, 0.2) is 0 Å². The lowest BCUT2D eigenvalue weighted by molar-refractivity contribution is -0.137. The number of aliphatic carboxylic acids is 1. The van der Waals surface area contributed by atoms with E-state index in [2.05, 4.69) is 0 Å². The molecule has 1 heterocycles. The first-order chi connectivity index (χ1) is 5.70. The zero-order valence-corrected chi connectivity index (χ0v) is 7.45. The number of carboxylic acid groups (broad SMARTS) is 1. The van der Waals surface area contributed by atoms with Crippen LogP contribution in [-0.4, -0.2) is 23.8 Å². The normalized spacial score (nSPS) is 30.1. The molecule has 0 saturated carbocycles. The molecule has 70 valence electrons. The molecule has 0 bridgehead atoms. The number of carbonyl (C=O) groups is 1. The first kappa shape index (κ1) is 9.52. The molecular formula is C9H16O3. The summed E-state index contributed by atoms with van der Waals surface area (Å²) in [6.07, 6.45) is 3.48. The summed E-state index contributed by atoms with van der Waals surface area (Å²) in [4.78, 5) is 10.3. The van der Waals surface area contributed by atoms with Gasteiger partial charge in [0, 0.05) is 13.0 Å². The summed E-state index contributed by atoms with van der Waals surface area (Å²) in [5, 5.41) is 8.49. The minimum atomic E-state index is -0.701. The van der Waals surface area contributed by atoms with E-state index in [0.717, 1.165) is 25.9 Å². The second-order valence-electron chi connectivity index (χ2n) is 3.41. The van der Waals surface area contributed by atoms with Gasteiger partial charge >= 0.3 is 5.97 Å². The van der Waals surface area contributed by atoms with E-state index in [1.54, 1.807) is 0 Å². The Kier molecular flexibility index (Phi) is 3.53. The second kappa shape index (κ2) is 4.45. The third kappa shape index (κ3) is 2.81. The highest BCUT2D eigenvalue weighted by molar-refractivity contribution is 5.66. The maximum absolute atomic E-state index is 10.3. The summed E-state index contributed by atoms with van der Waals surface area (Å²) in [7, 11) is 0. The molecule has 1 aliphatic heterocycles. The largest absolute Gasteiger partial charge is 0.481 e. The minimum absolute atomic E-state index is 0.248. The quantitative estimate of drug-likeness (QED) is 0.704. The fourth-order valence-electron chi connectivity index (χ4n) is 1.67. The van der Waals surface area contributed by atoms with Crippen molar-refractivity contribution < 1.29 is 14.6 Å². The Morgan fingerprint density at radius 1 is 1.67 bits per heavy atom. The van der Waals surface area contributed by atoms with E-state index in [9.17, 15) is 4.79 Å². The summed E-state index contributed by atoms with van der Waals surface area (Å²) >= 11 is 0. The van der Waals surface area contributed by atoms with Crippen molar-refractivity contribution >= 4 is 5.97 Å². The van der Waals surface area contributed by atoms with Crippen LogP contribution < -0.4 is 0 Å². The van der Waals surface area contributed by atoms with Crippen molar-refractivity contribution in [1.82, 2.24) is 0 Å². The van der Waals surface area contributed by atoms with Gasteiger partial charge in [-0.05, 0) is 32.1 Å². The van der Waals surface area contributed by atoms with E-state index in [1.807, 2.05) is 6.92 Å². The van der Waals surface area contributed by atoms with Crippen LogP contribution >= 0.6 is 0 Å². The van der Waals surface area contributed by atoms with Crippen LogP contribution in [0.5, 0.6) is 0 Å². The Morgan fingerprint density at radius 2 is 2.42 bits per heavy atom. The maximum Gasteiger partial charge on any atom is 0.303 e. The van der Waals surface area contributed by atoms with Gasteiger partial charge in [0.25, 0.3) is 0 Å². The monoisotopic (exact) mass is 172 g/mol. The van der Waals surface area contributed by atoms with Gasteiger partial charge in [-0.3, -0.25) is 4.79 Å². The number of hydrogen-bond acceptors (Lipinski definition) is 2. The first-order valence-corrected chi connectivity index (χ1v) is 4.53. The molecule has 1 rings (SSSR count). The number of hydrogen-bond donors (Lipinski definition) is 1. The van der Waals surface area contributed by atoms with Gasteiger partial charge in [0.1, 0.15) is 0 Å². The number of rotatable bonds is 3. The van der Waals surface area contributed by atoms with Crippen LogP contribution in [0.3, 0.4) is 0 Å². The molecule has 1 fully saturated rings. The van der Waals surface area contributed by atoms with Crippen molar-refractivity contribution in [3.63, 3.8) is 0 Å². The zero-order valence-electron chi connectivity index (χ0n) is 7.45. The molecule has 0 aromatic carbocycles. The predicted octanol–water partition coefficient (Wildman–Crippen LogP) is 1.67. The molecule has 3 heteroatoms. The molecule has 1 N–H and O–H groups in total. The highest BCUT2D eigenvalue weighted by Crippen LogP contribution is 2.24. The Hall–Kier alpha value is -0.570. The Labute approximate surface area is 72.7 Å². The van der Waals surface area contributed by atoms with Gasteiger partial charge in [-0.15, -0.1) is 0 Å². The van der Waals surface area contributed by atoms with E-state index in [4.69, 9.17) is 9.84 Å². The molecule has 1 saturated heterocycles. The lowest BCUT2D eigenvalue weighted by Gasteiger charge is -2.28. The van der Waals surface area contributed by atoms with E-state index in [1.165, 1.54) is 0 Å². The summed E-state index contributed by atoms with van der Waals surface area (Å²) < 4.78 is 5.43. The highest BCUT2D eigenvalue weighted by atomic mass is 16.5. The van der Waals surface area contributed by atoms with E-state index in [0.29, 0.717) is 5.92 Å². The molecule has 0 aromatic rings. The molecule has 1 aliphatic rings. The standard InChI is InChI=1S/C9H16O3/c1-7-8(3-2-6-12-7)4-5-9(10)11/h7-8H,2-6H2,1H3,(H,10,11)/t7-,8-/m1/s1. The summed E-state index contributed by atoms with van der Waals surface area (Å²) in [5.41, 5.74) is 0. The minimum Gasteiger partial charge on any atom is -0.481 e. The molecule has 0 aromatic heterocycles. The summed E-state index contributed by atoms with van der Waals surface area (Å²) in [6, 6.07) is 0.